The van der Waals surface area contributed by atoms with Gasteiger partial charge in [-0.2, -0.15) is 0 Å². The molecule has 1 aromatic rings. The lowest BCUT2D eigenvalue weighted by atomic mass is 10.4. The molecule has 0 aliphatic heterocycles. The predicted octanol–water partition coefficient (Wildman–Crippen LogP) is 0.698. The Hall–Kier alpha value is -1.05. The molecule has 0 fully saturated rings. The Morgan fingerprint density at radius 3 is 2.22 bits per heavy atom. The van der Waals surface area contributed by atoms with Crippen LogP contribution in [0.25, 0.3) is 0 Å². The highest BCUT2D eigenvalue weighted by molar-refractivity contribution is 9.10. The highest BCUT2D eigenvalue weighted by atomic mass is 79.9. The number of hydrogen-bond donors (Lipinski definition) is 3. The van der Waals surface area contributed by atoms with Crippen molar-refractivity contribution in [2.24, 2.45) is 0 Å². The fourth-order valence-electron chi connectivity index (χ4n) is 1.89. The van der Waals surface area contributed by atoms with E-state index in [1.54, 1.807) is 11.8 Å². The minimum atomic E-state index is -0.0257. The number of hydrogen-bond acceptors (Lipinski definition) is 3. The minimum absolute atomic E-state index is 0.0112. The number of halogens is 1. The molecular weight excluding hydrogens is 378 g/mol. The maximum Gasteiger partial charge on any atom is 0.275 e. The Morgan fingerprint density at radius 2 is 1.65 bits per heavy atom. The largest absolute Gasteiger partial charge is 0.351 e. The van der Waals surface area contributed by atoms with Crippen LogP contribution < -0.4 is 15.5 Å². The summed E-state index contributed by atoms with van der Waals surface area (Å²) in [5.74, 6) is 0.786. The van der Waals surface area contributed by atoms with Crippen molar-refractivity contribution >= 4 is 39.5 Å². The minimum Gasteiger partial charge on any atom is -0.351 e. The van der Waals surface area contributed by atoms with Gasteiger partial charge in [0.05, 0.1) is 7.05 Å². The van der Waals surface area contributed by atoms with Gasteiger partial charge in [0.15, 0.2) is 13.1 Å². The van der Waals surface area contributed by atoms with E-state index < -0.39 is 0 Å². The highest BCUT2D eigenvalue weighted by Gasteiger charge is 2.13. The van der Waals surface area contributed by atoms with Crippen molar-refractivity contribution in [3.8, 4) is 0 Å². The van der Waals surface area contributed by atoms with Crippen LogP contribution in [0.5, 0.6) is 0 Å². The molecule has 1 aromatic carbocycles. The lowest BCUT2D eigenvalue weighted by Gasteiger charge is -2.13. The number of amides is 2. The van der Waals surface area contributed by atoms with Crippen molar-refractivity contribution in [2.75, 3.05) is 39.0 Å². The van der Waals surface area contributed by atoms with Gasteiger partial charge < -0.3 is 15.5 Å². The Kier molecular flexibility index (Phi) is 9.98. The fourth-order valence-corrected chi connectivity index (χ4v) is 2.92. The molecule has 7 heteroatoms. The number of likely N-dealkylation sites (N-methyl/N-ethyl adjacent to an activating group) is 1. The highest BCUT2D eigenvalue weighted by Crippen LogP contribution is 2.19. The van der Waals surface area contributed by atoms with Gasteiger partial charge in [0.2, 0.25) is 0 Å². The number of quaternary nitrogens is 1. The smallest absolute Gasteiger partial charge is 0.275 e. The van der Waals surface area contributed by atoms with Gasteiger partial charge in [-0.15, -0.1) is 11.8 Å². The standard InChI is InChI=1S/C16H24BrN3O2S/c1-3-8-18-15(21)11-20(2)12-16(22)19-9-10-23-14-6-4-13(17)5-7-14/h4-7H,3,8-12H2,1-2H3,(H,18,21)(H,19,22)/p+1. The van der Waals surface area contributed by atoms with Crippen molar-refractivity contribution in [3.63, 3.8) is 0 Å². The quantitative estimate of drug-likeness (QED) is 0.398. The zero-order valence-corrected chi connectivity index (χ0v) is 16.1. The Balaban J connectivity index is 2.13. The molecule has 0 saturated heterocycles. The zero-order valence-electron chi connectivity index (χ0n) is 13.7. The molecule has 0 spiro atoms. The zero-order chi connectivity index (χ0) is 17.1. The number of rotatable bonds is 10. The Morgan fingerprint density at radius 1 is 1.09 bits per heavy atom. The van der Waals surface area contributed by atoms with Gasteiger partial charge in [0.25, 0.3) is 11.8 Å². The number of carbonyl (C=O) groups is 2. The third-order valence-electron chi connectivity index (χ3n) is 3.00. The van der Waals surface area contributed by atoms with Crippen LogP contribution in [-0.2, 0) is 9.59 Å². The van der Waals surface area contributed by atoms with Crippen molar-refractivity contribution in [2.45, 2.75) is 18.2 Å². The normalized spacial score (nSPS) is 11.8. The van der Waals surface area contributed by atoms with Crippen molar-refractivity contribution in [1.82, 2.24) is 10.6 Å². The third-order valence-corrected chi connectivity index (χ3v) is 4.55. The molecule has 0 radical (unpaired) electrons. The summed E-state index contributed by atoms with van der Waals surface area (Å²) >= 11 is 5.11. The van der Waals surface area contributed by atoms with Gasteiger partial charge in [-0.3, -0.25) is 9.59 Å². The van der Waals surface area contributed by atoms with Crippen LogP contribution >= 0.6 is 27.7 Å². The first-order chi connectivity index (χ1) is 11.0. The van der Waals surface area contributed by atoms with Crippen LogP contribution in [-0.4, -0.2) is 50.8 Å². The van der Waals surface area contributed by atoms with Crippen molar-refractivity contribution in [3.05, 3.63) is 28.7 Å². The van der Waals surface area contributed by atoms with Gasteiger partial charge >= 0.3 is 0 Å². The summed E-state index contributed by atoms with van der Waals surface area (Å²) in [5, 5.41) is 5.70. The fraction of sp³-hybridized carbons (Fsp3) is 0.500. The van der Waals surface area contributed by atoms with Crippen LogP contribution in [0, 0.1) is 0 Å². The summed E-state index contributed by atoms with van der Waals surface area (Å²) in [4.78, 5) is 25.5. The molecule has 0 bridgehead atoms. The summed E-state index contributed by atoms with van der Waals surface area (Å²) < 4.78 is 1.06. The average molecular weight is 403 g/mol. The first kappa shape index (κ1) is 20.0. The van der Waals surface area contributed by atoms with Crippen molar-refractivity contribution < 1.29 is 14.5 Å². The van der Waals surface area contributed by atoms with E-state index in [4.69, 9.17) is 0 Å². The van der Waals surface area contributed by atoms with Crippen LogP contribution in [0.15, 0.2) is 33.6 Å². The van der Waals surface area contributed by atoms with E-state index >= 15 is 0 Å². The molecule has 128 valence electrons. The van der Waals surface area contributed by atoms with Crippen LogP contribution in [0.4, 0.5) is 0 Å². The van der Waals surface area contributed by atoms with Gasteiger partial charge in [0.1, 0.15) is 0 Å². The second kappa shape index (κ2) is 11.5. The molecule has 2 amide bonds. The molecule has 0 aliphatic rings. The van der Waals surface area contributed by atoms with E-state index in [2.05, 4.69) is 26.6 Å². The summed E-state index contributed by atoms with van der Waals surface area (Å²) in [6.07, 6.45) is 0.918. The SMILES string of the molecule is CCCNC(=O)C[NH+](C)CC(=O)NCCSc1ccc(Br)cc1. The third kappa shape index (κ3) is 9.63. The number of nitrogens with one attached hydrogen (secondary N) is 3. The second-order valence-corrected chi connectivity index (χ2v) is 7.40. The lowest BCUT2D eigenvalue weighted by Crippen LogP contribution is -3.11. The van der Waals surface area contributed by atoms with Crippen LogP contribution in [0.2, 0.25) is 0 Å². The molecular formula is C16H25BrN3O2S+. The van der Waals surface area contributed by atoms with E-state index in [9.17, 15) is 9.59 Å². The molecule has 1 unspecified atom stereocenters. The van der Waals surface area contributed by atoms with E-state index in [-0.39, 0.29) is 11.8 Å². The average Bonchev–Trinajstić information content (AvgIpc) is 2.51. The number of benzene rings is 1. The van der Waals surface area contributed by atoms with Gasteiger partial charge in [-0.25, -0.2) is 0 Å². The second-order valence-electron chi connectivity index (χ2n) is 5.31. The van der Waals surface area contributed by atoms with Gasteiger partial charge in [-0.05, 0) is 30.7 Å². The molecule has 0 saturated carbocycles. The molecule has 3 N–H and O–H groups in total. The summed E-state index contributed by atoms with van der Waals surface area (Å²) in [7, 11) is 1.85. The summed E-state index contributed by atoms with van der Waals surface area (Å²) in [6, 6.07) is 8.10. The number of carbonyl (C=O) groups excluding carboxylic acids is 2. The topological polar surface area (TPSA) is 62.6 Å². The first-order valence-corrected chi connectivity index (χ1v) is 9.52. The molecule has 0 heterocycles. The molecule has 23 heavy (non-hydrogen) atoms. The molecule has 1 rings (SSSR count). The van der Waals surface area contributed by atoms with Gasteiger partial charge in [0, 0.05) is 28.2 Å². The van der Waals surface area contributed by atoms with Gasteiger partial charge in [-0.1, -0.05) is 22.9 Å². The van der Waals surface area contributed by atoms with E-state index in [1.165, 1.54) is 4.90 Å². The Labute approximate surface area is 150 Å². The van der Waals surface area contributed by atoms with Crippen LogP contribution in [0.1, 0.15) is 13.3 Å². The summed E-state index contributed by atoms with van der Waals surface area (Å²) in [6.45, 7) is 3.95. The lowest BCUT2D eigenvalue weighted by molar-refractivity contribution is -0.862. The van der Waals surface area contributed by atoms with Crippen molar-refractivity contribution in [1.29, 1.82) is 0 Å². The summed E-state index contributed by atoms with van der Waals surface area (Å²) in [5.41, 5.74) is 0. The maximum absolute atomic E-state index is 11.8. The number of thioether (sulfide) groups is 1. The predicted molar refractivity (Wildman–Crippen MR) is 97.8 cm³/mol. The van der Waals surface area contributed by atoms with E-state index in [1.807, 2.05) is 38.2 Å². The first-order valence-electron chi connectivity index (χ1n) is 7.74. The Bertz CT molecular complexity index is 497. The molecule has 0 aliphatic carbocycles. The monoisotopic (exact) mass is 402 g/mol. The molecule has 1 atom stereocenters. The maximum atomic E-state index is 11.8. The van der Waals surface area contributed by atoms with Crippen LogP contribution in [0.3, 0.4) is 0 Å². The van der Waals surface area contributed by atoms with E-state index in [0.717, 1.165) is 21.5 Å². The van der Waals surface area contributed by atoms with E-state index in [0.29, 0.717) is 26.2 Å². The molecule has 5 nitrogen and oxygen atoms in total. The molecule has 0 aromatic heterocycles.